The zero-order valence-electron chi connectivity index (χ0n) is 23.0. The molecule has 0 spiro atoms. The molecular weight excluding hydrogens is 532 g/mol. The molecule has 0 unspecified atom stereocenters. The van der Waals surface area contributed by atoms with E-state index in [-0.39, 0.29) is 22.5 Å². The van der Waals surface area contributed by atoms with Gasteiger partial charge in [0.2, 0.25) is 0 Å². The second-order valence-corrected chi connectivity index (χ2v) is 11.8. The zero-order chi connectivity index (χ0) is 28.3. The quantitative estimate of drug-likeness (QED) is 0.132. The Labute approximate surface area is 237 Å². The standard InChI is InChI=1S/C30H38N2O5S2/c1-5-8-9-10-11-12-20-37-26-18-15-24(21-27(26)36-4)22-28-29(33)32(19-6-2)30(38-28)31-39(34,35)25-16-13-23(7-3)14-17-25/h6,13-18,21-22H,2,5,7-12,19-20H2,1,3-4H3. The lowest BCUT2D eigenvalue weighted by molar-refractivity contribution is -0.121. The number of carbonyl (C=O) groups is 1. The number of benzene rings is 2. The van der Waals surface area contributed by atoms with Gasteiger partial charge < -0.3 is 9.47 Å². The van der Waals surface area contributed by atoms with Crippen molar-refractivity contribution in [1.29, 1.82) is 0 Å². The third-order valence-corrected chi connectivity index (χ3v) is 8.67. The van der Waals surface area contributed by atoms with Gasteiger partial charge in [0.15, 0.2) is 16.7 Å². The largest absolute Gasteiger partial charge is 0.493 e. The number of carbonyl (C=O) groups excluding carboxylic acids is 1. The Hall–Kier alpha value is -3.04. The maximum absolute atomic E-state index is 13.2. The van der Waals surface area contributed by atoms with Gasteiger partial charge in [0.05, 0.1) is 23.5 Å². The van der Waals surface area contributed by atoms with Crippen LogP contribution >= 0.6 is 11.8 Å². The molecule has 0 radical (unpaired) electrons. The minimum absolute atomic E-state index is 0.0810. The second-order valence-electron chi connectivity index (χ2n) is 9.19. The van der Waals surface area contributed by atoms with Gasteiger partial charge in [0.1, 0.15) is 0 Å². The average molecular weight is 571 g/mol. The summed E-state index contributed by atoms with van der Waals surface area (Å²) in [5.41, 5.74) is 1.76. The lowest BCUT2D eigenvalue weighted by Crippen LogP contribution is -2.29. The fourth-order valence-electron chi connectivity index (χ4n) is 4.03. The molecule has 1 amide bonds. The summed E-state index contributed by atoms with van der Waals surface area (Å²) in [5, 5.41) is 0.0940. The van der Waals surface area contributed by atoms with Gasteiger partial charge in [-0.15, -0.1) is 11.0 Å². The number of methoxy groups -OCH3 is 1. The van der Waals surface area contributed by atoms with Gasteiger partial charge in [0.25, 0.3) is 15.9 Å². The van der Waals surface area contributed by atoms with Crippen molar-refractivity contribution in [2.45, 2.75) is 63.7 Å². The van der Waals surface area contributed by atoms with E-state index in [0.29, 0.717) is 23.0 Å². The number of amides is 1. The van der Waals surface area contributed by atoms with Crippen molar-refractivity contribution in [3.63, 3.8) is 0 Å². The SMILES string of the molecule is C=CCN1C(=O)C(=Cc2ccc(OCCCCCCCC)c(OC)c2)SC1=NS(=O)(=O)c1ccc(CC)cc1. The molecular formula is C30H38N2O5S2. The molecule has 7 nitrogen and oxygen atoms in total. The third kappa shape index (κ3) is 8.47. The van der Waals surface area contributed by atoms with E-state index in [2.05, 4.69) is 17.9 Å². The van der Waals surface area contributed by atoms with E-state index >= 15 is 0 Å². The van der Waals surface area contributed by atoms with Crippen molar-refractivity contribution in [1.82, 2.24) is 4.90 Å². The van der Waals surface area contributed by atoms with Crippen LogP contribution in [-0.2, 0) is 21.2 Å². The highest BCUT2D eigenvalue weighted by Gasteiger charge is 2.34. The first-order valence-electron chi connectivity index (χ1n) is 13.4. The number of unbranched alkanes of at least 4 members (excludes halogenated alkanes) is 5. The van der Waals surface area contributed by atoms with Crippen molar-refractivity contribution in [3.8, 4) is 11.5 Å². The first kappa shape index (κ1) is 30.5. The molecule has 39 heavy (non-hydrogen) atoms. The van der Waals surface area contributed by atoms with E-state index in [0.717, 1.165) is 42.2 Å². The summed E-state index contributed by atoms with van der Waals surface area (Å²) in [5.74, 6) is 0.882. The van der Waals surface area contributed by atoms with E-state index in [1.165, 1.54) is 42.7 Å². The van der Waals surface area contributed by atoms with E-state index in [1.807, 2.05) is 19.1 Å². The molecule has 1 aliphatic heterocycles. The molecule has 0 aromatic heterocycles. The molecule has 0 bridgehead atoms. The van der Waals surface area contributed by atoms with Crippen LogP contribution in [0.15, 0.2) is 69.3 Å². The van der Waals surface area contributed by atoms with Crippen LogP contribution in [0.4, 0.5) is 0 Å². The molecule has 1 saturated heterocycles. The van der Waals surface area contributed by atoms with Crippen LogP contribution in [0.2, 0.25) is 0 Å². The Morgan fingerprint density at radius 3 is 2.38 bits per heavy atom. The minimum Gasteiger partial charge on any atom is -0.493 e. The number of sulfonamides is 1. The number of thioether (sulfide) groups is 1. The van der Waals surface area contributed by atoms with Crippen LogP contribution in [0.25, 0.3) is 6.08 Å². The Kier molecular flexibility index (Phi) is 11.7. The van der Waals surface area contributed by atoms with Gasteiger partial charge >= 0.3 is 0 Å². The number of hydrogen-bond donors (Lipinski definition) is 0. The number of aryl methyl sites for hydroxylation is 1. The lowest BCUT2D eigenvalue weighted by atomic mass is 10.1. The Bertz CT molecular complexity index is 1300. The van der Waals surface area contributed by atoms with E-state index in [9.17, 15) is 13.2 Å². The Morgan fingerprint density at radius 1 is 1.00 bits per heavy atom. The molecule has 1 aliphatic rings. The number of nitrogens with zero attached hydrogens (tertiary/aromatic N) is 2. The van der Waals surface area contributed by atoms with Crippen molar-refractivity contribution >= 4 is 38.9 Å². The summed E-state index contributed by atoms with van der Waals surface area (Å²) in [6, 6.07) is 12.1. The highest BCUT2D eigenvalue weighted by atomic mass is 32.2. The maximum atomic E-state index is 13.2. The van der Waals surface area contributed by atoms with Crippen molar-refractivity contribution in [2.24, 2.45) is 4.40 Å². The average Bonchev–Trinajstić information content (AvgIpc) is 3.21. The Morgan fingerprint density at radius 2 is 1.72 bits per heavy atom. The van der Waals surface area contributed by atoms with Gasteiger partial charge in [-0.25, -0.2) is 0 Å². The molecule has 2 aromatic rings. The summed E-state index contributed by atoms with van der Waals surface area (Å²) in [4.78, 5) is 14.9. The molecule has 9 heteroatoms. The molecule has 1 heterocycles. The van der Waals surface area contributed by atoms with Crippen LogP contribution in [-0.4, -0.2) is 44.7 Å². The maximum Gasteiger partial charge on any atom is 0.284 e. The first-order chi connectivity index (χ1) is 18.8. The monoisotopic (exact) mass is 570 g/mol. The second kappa shape index (κ2) is 14.9. The number of rotatable bonds is 15. The van der Waals surface area contributed by atoms with Crippen molar-refractivity contribution < 1.29 is 22.7 Å². The highest BCUT2D eigenvalue weighted by molar-refractivity contribution is 8.19. The number of ether oxygens (including phenoxy) is 2. The van der Waals surface area contributed by atoms with Gasteiger partial charge in [-0.2, -0.15) is 8.42 Å². The van der Waals surface area contributed by atoms with Crippen LogP contribution in [0.1, 0.15) is 63.5 Å². The zero-order valence-corrected chi connectivity index (χ0v) is 24.7. The molecule has 0 aliphatic carbocycles. The third-order valence-electron chi connectivity index (χ3n) is 6.27. The predicted molar refractivity (Wildman–Crippen MR) is 160 cm³/mol. The first-order valence-corrected chi connectivity index (χ1v) is 15.7. The Balaban J connectivity index is 1.77. The molecule has 3 rings (SSSR count). The van der Waals surface area contributed by atoms with Crippen LogP contribution in [0, 0.1) is 0 Å². The molecule has 210 valence electrons. The summed E-state index contributed by atoms with van der Waals surface area (Å²) < 4.78 is 41.5. The summed E-state index contributed by atoms with van der Waals surface area (Å²) in [6.07, 6.45) is 11.1. The summed E-state index contributed by atoms with van der Waals surface area (Å²) in [6.45, 7) is 8.66. The topological polar surface area (TPSA) is 85.3 Å². The van der Waals surface area contributed by atoms with Gasteiger partial charge in [-0.1, -0.05) is 70.2 Å². The predicted octanol–water partition coefficient (Wildman–Crippen LogP) is 6.84. The molecule has 0 N–H and O–H groups in total. The molecule has 1 fully saturated rings. The van der Waals surface area contributed by atoms with Crippen LogP contribution < -0.4 is 9.47 Å². The van der Waals surface area contributed by atoms with Crippen molar-refractivity contribution in [3.05, 3.63) is 71.2 Å². The fourth-order valence-corrected chi connectivity index (χ4v) is 6.22. The summed E-state index contributed by atoms with van der Waals surface area (Å²) >= 11 is 1.02. The number of hydrogen-bond acceptors (Lipinski definition) is 6. The van der Waals surface area contributed by atoms with Crippen LogP contribution in [0.3, 0.4) is 0 Å². The number of amidine groups is 1. The van der Waals surface area contributed by atoms with E-state index in [4.69, 9.17) is 9.47 Å². The van der Waals surface area contributed by atoms with Gasteiger partial charge in [-0.05, 0) is 66.1 Å². The smallest absolute Gasteiger partial charge is 0.284 e. The van der Waals surface area contributed by atoms with Gasteiger partial charge in [0, 0.05) is 6.54 Å². The van der Waals surface area contributed by atoms with Crippen LogP contribution in [0.5, 0.6) is 11.5 Å². The lowest BCUT2D eigenvalue weighted by Gasteiger charge is -2.12. The fraction of sp³-hybridized carbons (Fsp3) is 0.400. The highest BCUT2D eigenvalue weighted by Crippen LogP contribution is 2.35. The normalized spacial score (nSPS) is 15.8. The molecule has 2 aromatic carbocycles. The van der Waals surface area contributed by atoms with Gasteiger partial charge in [-0.3, -0.25) is 9.69 Å². The molecule has 0 saturated carbocycles. The molecule has 0 atom stereocenters. The van der Waals surface area contributed by atoms with E-state index in [1.54, 1.807) is 37.5 Å². The van der Waals surface area contributed by atoms with E-state index < -0.39 is 10.0 Å². The van der Waals surface area contributed by atoms with Crippen molar-refractivity contribution in [2.75, 3.05) is 20.3 Å². The summed E-state index contributed by atoms with van der Waals surface area (Å²) in [7, 11) is -2.42. The minimum atomic E-state index is -4.00.